The van der Waals surface area contributed by atoms with Crippen molar-refractivity contribution in [2.75, 3.05) is 19.8 Å². The van der Waals surface area contributed by atoms with Crippen molar-refractivity contribution in [3.8, 4) is 0 Å². The highest BCUT2D eigenvalue weighted by Gasteiger charge is 2.53. The lowest BCUT2D eigenvalue weighted by molar-refractivity contribution is 0.00149. The largest absolute Gasteiger partial charge is 0.670 e. The molecule has 7 nitrogen and oxygen atoms in total. The molecule has 0 saturated carbocycles. The maximum Gasteiger partial charge on any atom is 0.670 e. The van der Waals surface area contributed by atoms with Gasteiger partial charge in [0.25, 0.3) is 0 Å². The molecule has 0 spiro atoms. The molecule has 0 bridgehead atoms. The molecule has 0 aliphatic heterocycles. The molecule has 0 rings (SSSR count). The monoisotopic (exact) mass is 474 g/mol. The van der Waals surface area contributed by atoms with E-state index in [4.69, 9.17) is 29.7 Å². The van der Waals surface area contributed by atoms with Crippen LogP contribution in [-0.4, -0.2) is 62.9 Å². The Morgan fingerprint density at radius 2 is 0.741 bits per heavy atom. The molecule has 0 amide bonds. The van der Waals surface area contributed by atoms with E-state index in [0.717, 1.165) is 0 Å². The summed E-state index contributed by atoms with van der Waals surface area (Å²) in [7, 11) is -12.4. The minimum absolute atomic E-state index is 0.456. The molecule has 0 atom stereocenters. The van der Waals surface area contributed by atoms with Crippen molar-refractivity contribution in [3.05, 3.63) is 0 Å². The van der Waals surface area contributed by atoms with Gasteiger partial charge >= 0.3 is 34.7 Å². The molecule has 0 fully saturated rings. The summed E-state index contributed by atoms with van der Waals surface area (Å²) in [6.07, 6.45) is 0. The van der Waals surface area contributed by atoms with Gasteiger partial charge in [0, 0.05) is 19.8 Å². The molecule has 27 heavy (non-hydrogen) atoms. The van der Waals surface area contributed by atoms with Crippen molar-refractivity contribution in [3.63, 3.8) is 0 Å². The van der Waals surface area contributed by atoms with E-state index in [0.29, 0.717) is 19.8 Å². The predicted molar refractivity (Wildman–Crippen MR) is 121 cm³/mol. The van der Waals surface area contributed by atoms with Gasteiger partial charge in [-0.05, 0) is 79.7 Å². The first-order valence-corrected chi connectivity index (χ1v) is 23.2. The molecule has 12 heteroatoms. The summed E-state index contributed by atoms with van der Waals surface area (Å²) < 4.78 is 43.0. The molecule has 0 heterocycles. The molecule has 0 aromatic heterocycles. The van der Waals surface area contributed by atoms with Gasteiger partial charge in [0.1, 0.15) is 0 Å². The molecular weight excluding hydrogens is 433 g/mol. The Morgan fingerprint density at radius 1 is 0.444 bits per heavy atom. The fraction of sp³-hybridized carbons (Fsp3) is 1.00. The van der Waals surface area contributed by atoms with Gasteiger partial charge in [-0.25, -0.2) is 0 Å². The van der Waals surface area contributed by atoms with Gasteiger partial charge in [0.2, 0.25) is 0 Å². The number of hydrogen-bond donors (Lipinski definition) is 0. The molecule has 0 unspecified atom stereocenters. The summed E-state index contributed by atoms with van der Waals surface area (Å²) in [5, 5.41) is 0. The summed E-state index contributed by atoms with van der Waals surface area (Å²) in [5.74, 6) is 0. The van der Waals surface area contributed by atoms with Crippen molar-refractivity contribution < 1.29 is 29.7 Å². The van der Waals surface area contributed by atoms with Crippen LogP contribution in [0, 0.1) is 0 Å². The lowest BCUT2D eigenvalue weighted by atomic mass is 10.9. The lowest BCUT2D eigenvalue weighted by Gasteiger charge is -2.41. The Kier molecular flexibility index (Phi) is 11.0. The maximum atomic E-state index is 6.47. The van der Waals surface area contributed by atoms with E-state index >= 15 is 0 Å². The van der Waals surface area contributed by atoms with Crippen molar-refractivity contribution in [1.82, 2.24) is 0 Å². The van der Waals surface area contributed by atoms with E-state index in [2.05, 4.69) is 32.7 Å². The number of rotatable bonds is 14. The quantitative estimate of drug-likeness (QED) is 0.342. The highest BCUT2D eigenvalue weighted by atomic mass is 28.5. The van der Waals surface area contributed by atoms with Crippen LogP contribution >= 0.6 is 0 Å². The molecule has 0 aliphatic rings. The van der Waals surface area contributed by atoms with Crippen LogP contribution in [0.25, 0.3) is 0 Å². The molecule has 0 aromatic rings. The van der Waals surface area contributed by atoms with E-state index in [9.17, 15) is 0 Å². The van der Waals surface area contributed by atoms with Gasteiger partial charge in [-0.2, -0.15) is 0 Å². The third-order valence-electron chi connectivity index (χ3n) is 2.87. The smallest absolute Gasteiger partial charge is 0.437 e. The van der Waals surface area contributed by atoms with E-state index in [1.807, 2.05) is 47.0 Å². The molecule has 164 valence electrons. The molecule has 0 aromatic carbocycles. The van der Waals surface area contributed by atoms with Crippen LogP contribution in [-0.2, 0) is 29.7 Å². The zero-order valence-corrected chi connectivity index (χ0v) is 24.5. The Bertz CT molecular complexity index is 424. The van der Waals surface area contributed by atoms with Crippen molar-refractivity contribution >= 4 is 43.0 Å². The van der Waals surface area contributed by atoms with Crippen LogP contribution in [0.15, 0.2) is 0 Å². The third-order valence-corrected chi connectivity index (χ3v) is 20.0. The van der Waals surface area contributed by atoms with Crippen molar-refractivity contribution in [2.24, 2.45) is 0 Å². The summed E-state index contributed by atoms with van der Waals surface area (Å²) in [6, 6.07) is 0. The minimum Gasteiger partial charge on any atom is -0.437 e. The van der Waals surface area contributed by atoms with Gasteiger partial charge in [-0.15, -0.1) is 0 Å². The Morgan fingerprint density at radius 3 is 1.04 bits per heavy atom. The van der Waals surface area contributed by atoms with Crippen LogP contribution in [0.1, 0.15) is 20.8 Å². The second-order valence-electron chi connectivity index (χ2n) is 8.52. The van der Waals surface area contributed by atoms with Crippen molar-refractivity contribution in [1.29, 1.82) is 0 Å². The highest BCUT2D eigenvalue weighted by Crippen LogP contribution is 2.27. The van der Waals surface area contributed by atoms with E-state index in [1.165, 1.54) is 0 Å². The average molecular weight is 475 g/mol. The second-order valence-corrected chi connectivity index (χ2v) is 26.3. The van der Waals surface area contributed by atoms with E-state index in [-0.39, 0.29) is 0 Å². The third kappa shape index (κ3) is 12.2. The molecule has 0 radical (unpaired) electrons. The summed E-state index contributed by atoms with van der Waals surface area (Å²) in [5.41, 5.74) is 0. The summed E-state index contributed by atoms with van der Waals surface area (Å²) in [6.45, 7) is 25.8. The van der Waals surface area contributed by atoms with Crippen LogP contribution in [0.3, 0.4) is 0 Å². The van der Waals surface area contributed by atoms with Gasteiger partial charge < -0.3 is 29.7 Å². The lowest BCUT2D eigenvalue weighted by Crippen LogP contribution is -2.61. The topological polar surface area (TPSA) is 64.6 Å². The zero-order valence-electron chi connectivity index (χ0n) is 19.5. The van der Waals surface area contributed by atoms with Gasteiger partial charge in [-0.1, -0.05) is 0 Å². The van der Waals surface area contributed by atoms with Crippen LogP contribution < -0.4 is 0 Å². The van der Waals surface area contributed by atoms with Gasteiger partial charge in [0.05, 0.1) is 0 Å². The first-order valence-electron chi connectivity index (χ1n) is 9.73. The Labute approximate surface area is 172 Å². The number of hydrogen-bond acceptors (Lipinski definition) is 7. The zero-order chi connectivity index (χ0) is 21.6. The molecule has 0 N–H and O–H groups in total. The second kappa shape index (κ2) is 10.7. The highest BCUT2D eigenvalue weighted by molar-refractivity contribution is 6.89. The minimum atomic E-state index is -3.24. The standard InChI is InChI=1S/C15H42O7Si5/c1-13-16-27(17-14-2,18-15-3)22-26(11,12)21-25(9,10)20-24(7,8)19-23(4,5)6/h13-15H2,1-12H3. The van der Waals surface area contributed by atoms with Crippen molar-refractivity contribution in [2.45, 2.75) is 79.7 Å². The SMILES string of the molecule is CCO[Si](OCC)(OCC)O[Si](C)(C)O[Si](C)(C)O[Si](C)(C)O[Si](C)(C)C. The van der Waals surface area contributed by atoms with Crippen LogP contribution in [0.2, 0.25) is 58.9 Å². The summed E-state index contributed by atoms with van der Waals surface area (Å²) in [4.78, 5) is 0. The van der Waals surface area contributed by atoms with Crippen LogP contribution in [0.5, 0.6) is 0 Å². The fourth-order valence-electron chi connectivity index (χ4n) is 3.03. The normalized spacial score (nSPS) is 14.7. The summed E-state index contributed by atoms with van der Waals surface area (Å²) >= 11 is 0. The predicted octanol–water partition coefficient (Wildman–Crippen LogP) is 4.54. The molecule has 0 saturated heterocycles. The van der Waals surface area contributed by atoms with Gasteiger partial charge in [-0.3, -0.25) is 0 Å². The first-order chi connectivity index (χ1) is 12.0. The molecule has 0 aliphatic carbocycles. The van der Waals surface area contributed by atoms with E-state index in [1.54, 1.807) is 0 Å². The molecular formula is C15H42O7Si5. The fourth-order valence-corrected chi connectivity index (χ4v) is 24.4. The first kappa shape index (κ1) is 27.8. The Balaban J connectivity index is 5.27. The maximum absolute atomic E-state index is 6.47. The Hall–Kier alpha value is 0.804. The van der Waals surface area contributed by atoms with E-state index < -0.39 is 43.0 Å². The van der Waals surface area contributed by atoms with Gasteiger partial charge in [0.15, 0.2) is 8.32 Å². The average Bonchev–Trinajstić information content (AvgIpc) is 2.31. The van der Waals surface area contributed by atoms with Crippen LogP contribution in [0.4, 0.5) is 0 Å².